The minimum atomic E-state index is -0.211. The van der Waals surface area contributed by atoms with Crippen molar-refractivity contribution in [2.24, 2.45) is 11.7 Å². The second-order valence-corrected chi connectivity index (χ2v) is 6.98. The molecule has 3 rings (SSSR count). The van der Waals surface area contributed by atoms with Crippen molar-refractivity contribution in [2.75, 3.05) is 6.54 Å². The molecule has 1 fully saturated rings. The molecule has 2 atom stereocenters. The van der Waals surface area contributed by atoms with Gasteiger partial charge in [-0.25, -0.2) is 4.98 Å². The van der Waals surface area contributed by atoms with Gasteiger partial charge >= 0.3 is 0 Å². The summed E-state index contributed by atoms with van der Waals surface area (Å²) in [7, 11) is 0. The number of rotatable bonds is 5. The number of pyridine rings is 1. The van der Waals surface area contributed by atoms with Gasteiger partial charge in [0.05, 0.1) is 5.69 Å². The van der Waals surface area contributed by atoms with Crippen molar-refractivity contribution in [1.29, 1.82) is 0 Å². The lowest BCUT2D eigenvalue weighted by atomic mass is 9.88. The summed E-state index contributed by atoms with van der Waals surface area (Å²) >= 11 is 1.66. The molecule has 1 aromatic heterocycles. The first-order valence-corrected chi connectivity index (χ1v) is 8.74. The van der Waals surface area contributed by atoms with E-state index < -0.39 is 0 Å². The van der Waals surface area contributed by atoms with E-state index in [2.05, 4.69) is 23.5 Å². The molecule has 5 heteroatoms. The smallest absolute Gasteiger partial charge is 0.217 e. The van der Waals surface area contributed by atoms with Crippen molar-refractivity contribution >= 4 is 17.7 Å². The molecule has 2 heterocycles. The number of nitrogens with one attached hydrogen (secondary N) is 1. The number of hydrogen-bond acceptors (Lipinski definition) is 4. The molecule has 0 aliphatic carbocycles. The van der Waals surface area contributed by atoms with Gasteiger partial charge in [0, 0.05) is 17.4 Å². The van der Waals surface area contributed by atoms with E-state index in [0.717, 1.165) is 30.1 Å². The highest BCUT2D eigenvalue weighted by atomic mass is 32.2. The SMILES string of the molecule is NC(=O)CC1CCNC(c2cccc(Sc3ccccc3)n2)C1. The number of amides is 1. The number of piperidine rings is 1. The maximum Gasteiger partial charge on any atom is 0.217 e. The second kappa shape index (κ2) is 7.62. The van der Waals surface area contributed by atoms with E-state index in [1.807, 2.05) is 30.3 Å². The zero-order valence-corrected chi connectivity index (χ0v) is 13.8. The number of primary amides is 1. The third-order valence-electron chi connectivity index (χ3n) is 4.07. The molecule has 4 nitrogen and oxygen atoms in total. The molecule has 1 aliphatic heterocycles. The quantitative estimate of drug-likeness (QED) is 0.885. The molecular weight excluding hydrogens is 306 g/mol. The topological polar surface area (TPSA) is 68.0 Å². The Balaban J connectivity index is 1.70. The van der Waals surface area contributed by atoms with Crippen LogP contribution < -0.4 is 11.1 Å². The van der Waals surface area contributed by atoms with Crippen LogP contribution in [0.15, 0.2) is 58.5 Å². The Morgan fingerprint density at radius 1 is 1.22 bits per heavy atom. The van der Waals surface area contributed by atoms with Crippen molar-refractivity contribution in [3.05, 3.63) is 54.2 Å². The van der Waals surface area contributed by atoms with E-state index >= 15 is 0 Å². The zero-order valence-electron chi connectivity index (χ0n) is 12.9. The van der Waals surface area contributed by atoms with Crippen LogP contribution in [0.5, 0.6) is 0 Å². The number of carbonyl (C=O) groups is 1. The number of nitrogens with zero attached hydrogens (tertiary/aromatic N) is 1. The first kappa shape index (κ1) is 16.0. The first-order valence-electron chi connectivity index (χ1n) is 7.92. The average molecular weight is 327 g/mol. The first-order chi connectivity index (χ1) is 11.2. The van der Waals surface area contributed by atoms with Gasteiger partial charge in [0.2, 0.25) is 5.91 Å². The summed E-state index contributed by atoms with van der Waals surface area (Å²) in [6.07, 6.45) is 2.38. The second-order valence-electron chi connectivity index (χ2n) is 5.88. The molecule has 0 radical (unpaired) electrons. The average Bonchev–Trinajstić information content (AvgIpc) is 2.56. The van der Waals surface area contributed by atoms with Crippen LogP contribution >= 0.6 is 11.8 Å². The Morgan fingerprint density at radius 2 is 2.04 bits per heavy atom. The predicted molar refractivity (Wildman–Crippen MR) is 92.1 cm³/mol. The molecule has 1 amide bonds. The van der Waals surface area contributed by atoms with Crippen LogP contribution in [0.1, 0.15) is 31.0 Å². The van der Waals surface area contributed by atoms with Gasteiger partial charge in [0.25, 0.3) is 0 Å². The highest BCUT2D eigenvalue weighted by Crippen LogP contribution is 2.31. The molecule has 1 aliphatic rings. The van der Waals surface area contributed by atoms with Crippen LogP contribution in [0.3, 0.4) is 0 Å². The van der Waals surface area contributed by atoms with E-state index in [1.54, 1.807) is 11.8 Å². The van der Waals surface area contributed by atoms with Gasteiger partial charge in [0.1, 0.15) is 5.03 Å². The van der Waals surface area contributed by atoms with Gasteiger partial charge in [-0.05, 0) is 49.6 Å². The fourth-order valence-electron chi connectivity index (χ4n) is 2.98. The van der Waals surface area contributed by atoms with E-state index in [1.165, 1.54) is 4.90 Å². The summed E-state index contributed by atoms with van der Waals surface area (Å²) < 4.78 is 0. The summed E-state index contributed by atoms with van der Waals surface area (Å²) in [4.78, 5) is 17.1. The van der Waals surface area contributed by atoms with E-state index in [0.29, 0.717) is 12.3 Å². The molecular formula is C18H21N3OS. The Morgan fingerprint density at radius 3 is 2.83 bits per heavy atom. The summed E-state index contributed by atoms with van der Waals surface area (Å²) in [6.45, 7) is 0.903. The third kappa shape index (κ3) is 4.56. The van der Waals surface area contributed by atoms with Crippen LogP contribution in [-0.4, -0.2) is 17.4 Å². The van der Waals surface area contributed by atoms with E-state index in [-0.39, 0.29) is 11.9 Å². The van der Waals surface area contributed by atoms with Crippen LogP contribution in [0.4, 0.5) is 0 Å². The molecule has 23 heavy (non-hydrogen) atoms. The molecule has 2 aromatic rings. The number of carbonyl (C=O) groups excluding carboxylic acids is 1. The van der Waals surface area contributed by atoms with Crippen molar-refractivity contribution < 1.29 is 4.79 Å². The van der Waals surface area contributed by atoms with Gasteiger partial charge in [-0.2, -0.15) is 0 Å². The van der Waals surface area contributed by atoms with Gasteiger partial charge in [-0.1, -0.05) is 36.0 Å². The maximum absolute atomic E-state index is 11.2. The number of hydrogen-bond donors (Lipinski definition) is 2. The minimum Gasteiger partial charge on any atom is -0.370 e. The standard InChI is InChI=1S/C18H21N3OS/c19-17(22)12-13-9-10-20-16(11-13)15-7-4-8-18(21-15)23-14-5-2-1-3-6-14/h1-8,13,16,20H,9-12H2,(H2,19,22). The normalized spacial score (nSPS) is 21.0. The van der Waals surface area contributed by atoms with E-state index in [4.69, 9.17) is 10.7 Å². The molecule has 0 spiro atoms. The summed E-state index contributed by atoms with van der Waals surface area (Å²) in [5.41, 5.74) is 6.38. The highest BCUT2D eigenvalue weighted by molar-refractivity contribution is 7.99. The fraction of sp³-hybridized carbons (Fsp3) is 0.333. The maximum atomic E-state index is 11.2. The lowest BCUT2D eigenvalue weighted by Gasteiger charge is -2.29. The van der Waals surface area contributed by atoms with Gasteiger partial charge in [-0.3, -0.25) is 4.79 Å². The van der Waals surface area contributed by atoms with Crippen LogP contribution in [0.2, 0.25) is 0 Å². The minimum absolute atomic E-state index is 0.199. The lowest BCUT2D eigenvalue weighted by Crippen LogP contribution is -2.34. The van der Waals surface area contributed by atoms with Crippen LogP contribution in [-0.2, 0) is 4.79 Å². The zero-order chi connectivity index (χ0) is 16.1. The predicted octanol–water partition coefficient (Wildman–Crippen LogP) is 3.15. The monoisotopic (exact) mass is 327 g/mol. The number of nitrogens with two attached hydrogens (primary N) is 1. The van der Waals surface area contributed by atoms with Crippen LogP contribution in [0, 0.1) is 5.92 Å². The van der Waals surface area contributed by atoms with Crippen molar-refractivity contribution in [1.82, 2.24) is 10.3 Å². The van der Waals surface area contributed by atoms with Gasteiger partial charge in [-0.15, -0.1) is 0 Å². The van der Waals surface area contributed by atoms with Gasteiger partial charge < -0.3 is 11.1 Å². The van der Waals surface area contributed by atoms with E-state index in [9.17, 15) is 4.79 Å². The largest absolute Gasteiger partial charge is 0.370 e. The summed E-state index contributed by atoms with van der Waals surface area (Å²) in [5.74, 6) is 0.142. The molecule has 2 unspecified atom stereocenters. The molecule has 0 saturated carbocycles. The highest BCUT2D eigenvalue weighted by Gasteiger charge is 2.24. The Hall–Kier alpha value is -1.85. The fourth-order valence-corrected chi connectivity index (χ4v) is 3.81. The molecule has 1 saturated heterocycles. The molecule has 0 bridgehead atoms. The Bertz CT molecular complexity index is 662. The molecule has 1 aromatic carbocycles. The van der Waals surface area contributed by atoms with Crippen molar-refractivity contribution in [3.8, 4) is 0 Å². The third-order valence-corrected chi connectivity index (χ3v) is 5.01. The Kier molecular flexibility index (Phi) is 5.31. The number of aromatic nitrogens is 1. The van der Waals surface area contributed by atoms with Crippen molar-refractivity contribution in [2.45, 2.75) is 35.2 Å². The lowest BCUT2D eigenvalue weighted by molar-refractivity contribution is -0.119. The Labute approximate surface area is 140 Å². The molecule has 3 N–H and O–H groups in total. The molecule has 120 valence electrons. The van der Waals surface area contributed by atoms with Crippen LogP contribution in [0.25, 0.3) is 0 Å². The summed E-state index contributed by atoms with van der Waals surface area (Å²) in [6, 6.07) is 16.6. The summed E-state index contributed by atoms with van der Waals surface area (Å²) in [5, 5.41) is 4.50. The van der Waals surface area contributed by atoms with Crippen molar-refractivity contribution in [3.63, 3.8) is 0 Å². The number of benzene rings is 1. The van der Waals surface area contributed by atoms with Gasteiger partial charge in [0.15, 0.2) is 0 Å².